The first kappa shape index (κ1) is 32.1. The van der Waals surface area contributed by atoms with Gasteiger partial charge >= 0.3 is 0 Å². The fourth-order valence-electron chi connectivity index (χ4n) is 6.94. The van der Waals surface area contributed by atoms with Crippen molar-refractivity contribution in [3.05, 3.63) is 103 Å². The van der Waals surface area contributed by atoms with Crippen LogP contribution in [0.25, 0.3) is 22.3 Å². The Morgan fingerprint density at radius 3 is 2.26 bits per heavy atom. The van der Waals surface area contributed by atoms with Crippen LogP contribution >= 0.6 is 0 Å². The van der Waals surface area contributed by atoms with Crippen LogP contribution in [0.4, 0.5) is 0 Å². The molecule has 3 heterocycles. The summed E-state index contributed by atoms with van der Waals surface area (Å²) in [6, 6.07) is 27.7. The molecule has 0 aliphatic heterocycles. The number of hydrogen-bond donors (Lipinski definition) is 2. The van der Waals surface area contributed by atoms with Crippen molar-refractivity contribution in [2.45, 2.75) is 75.7 Å². The van der Waals surface area contributed by atoms with Crippen molar-refractivity contribution in [2.75, 3.05) is 0 Å². The van der Waals surface area contributed by atoms with E-state index in [1.807, 2.05) is 18.5 Å². The summed E-state index contributed by atoms with van der Waals surface area (Å²) in [7, 11) is -2.44. The summed E-state index contributed by atoms with van der Waals surface area (Å²) in [6.07, 6.45) is 11.7. The first-order valence-corrected chi connectivity index (χ1v) is 17.8. The smallest absolute Gasteiger partial charge is 0.261 e. The van der Waals surface area contributed by atoms with Gasteiger partial charge in [0.05, 0.1) is 48.2 Å². The third kappa shape index (κ3) is 6.16. The van der Waals surface area contributed by atoms with Gasteiger partial charge in [0.2, 0.25) is 0 Å². The molecule has 2 fully saturated rings. The highest BCUT2D eigenvalue weighted by molar-refractivity contribution is 6.99. The molecule has 7 rings (SSSR count). The summed E-state index contributed by atoms with van der Waals surface area (Å²) in [5.41, 5.74) is 3.28. The van der Waals surface area contributed by atoms with Crippen molar-refractivity contribution in [2.24, 2.45) is 0 Å². The first-order chi connectivity index (χ1) is 22.7. The molecular formula is C37H39N7O2Si. The van der Waals surface area contributed by atoms with Crippen LogP contribution in [0.5, 0.6) is 0 Å². The van der Waals surface area contributed by atoms with E-state index in [9.17, 15) is 5.11 Å². The van der Waals surface area contributed by atoms with E-state index in [1.54, 1.807) is 17.0 Å². The Kier molecular flexibility index (Phi) is 8.94. The van der Waals surface area contributed by atoms with E-state index < -0.39 is 13.9 Å². The van der Waals surface area contributed by atoms with E-state index in [4.69, 9.17) is 14.9 Å². The lowest BCUT2D eigenvalue weighted by atomic mass is 9.72. The number of aliphatic hydroxyl groups is 1. The molecule has 5 aromatic rings. The van der Waals surface area contributed by atoms with E-state index in [2.05, 4.69) is 114 Å². The second kappa shape index (κ2) is 13.1. The predicted molar refractivity (Wildman–Crippen MR) is 184 cm³/mol. The predicted octanol–water partition coefficient (Wildman–Crippen LogP) is 5.76. The Bertz CT molecular complexity index is 1890. The Labute approximate surface area is 276 Å². The zero-order valence-corrected chi connectivity index (χ0v) is 28.0. The molecule has 2 aromatic carbocycles. The first-order valence-electron chi connectivity index (χ1n) is 15.9. The maximum atomic E-state index is 9.63. The van der Waals surface area contributed by atoms with Crippen LogP contribution in [0.3, 0.4) is 0 Å². The average Bonchev–Trinajstić information content (AvgIpc) is 3.73. The molecule has 2 aliphatic rings. The maximum Gasteiger partial charge on any atom is 0.261 e. The second-order valence-electron chi connectivity index (χ2n) is 13.5. The molecule has 2 N–H and O–H groups in total. The molecule has 9 nitrogen and oxygen atoms in total. The Morgan fingerprint density at radius 2 is 1.68 bits per heavy atom. The van der Waals surface area contributed by atoms with Gasteiger partial charge in [-0.3, -0.25) is 4.68 Å². The summed E-state index contributed by atoms with van der Waals surface area (Å²) < 4.78 is 8.78. The van der Waals surface area contributed by atoms with Gasteiger partial charge in [0, 0.05) is 29.4 Å². The summed E-state index contributed by atoms with van der Waals surface area (Å²) in [5.74, 6) is 0. The standard InChI is InChI=1S/C22H25NOSi.C15H14N6O/c1-22(2,3)25(20-10-6-4-7-11-20,21-12-8-5-9-13-21)24-19-16-18(17-19)14-15-23;16-3-2-15(5-11(22)6-15)21-8-10(7-20-21)13-12-1-4-17-14(12)19-9-18-13/h4-14,19H,16-17H2,1-3H3;1,4,7-9,11,22H,2,5-6H2,(H,17,18,19). The van der Waals surface area contributed by atoms with Crippen molar-refractivity contribution in [3.8, 4) is 23.4 Å². The van der Waals surface area contributed by atoms with Crippen LogP contribution in [0.2, 0.25) is 5.04 Å². The zero-order valence-electron chi connectivity index (χ0n) is 27.0. The topological polar surface area (TPSA) is 136 Å². The lowest BCUT2D eigenvalue weighted by molar-refractivity contribution is -0.0268. The van der Waals surface area contributed by atoms with Gasteiger partial charge in [0.15, 0.2) is 0 Å². The SMILES string of the molecule is CC(C)(C)[Si](OC1CC(=CC#N)C1)(c1ccccc1)c1ccccc1.N#CCC1(n2cc(-c3ncnc4[nH]ccc34)cn2)CC(O)C1. The fraction of sp³-hybridized carbons (Fsp3) is 0.324. The van der Waals surface area contributed by atoms with Crippen LogP contribution in [0.1, 0.15) is 52.9 Å². The Balaban J connectivity index is 0.000000165. The highest BCUT2D eigenvalue weighted by atomic mass is 28.4. The molecule has 0 unspecified atom stereocenters. The minimum absolute atomic E-state index is 0.00437. The summed E-state index contributed by atoms with van der Waals surface area (Å²) in [4.78, 5) is 11.6. The van der Waals surface area contributed by atoms with E-state index in [0.29, 0.717) is 19.3 Å². The molecule has 0 atom stereocenters. The number of rotatable bonds is 7. The largest absolute Gasteiger partial charge is 0.404 e. The number of aliphatic hydroxyl groups excluding tert-OH is 1. The Morgan fingerprint density at radius 1 is 1.02 bits per heavy atom. The molecule has 0 radical (unpaired) electrons. The number of aromatic amines is 1. The minimum Gasteiger partial charge on any atom is -0.404 e. The van der Waals surface area contributed by atoms with Gasteiger partial charge in [-0.05, 0) is 47.2 Å². The van der Waals surface area contributed by atoms with E-state index in [0.717, 1.165) is 35.1 Å². The average molecular weight is 642 g/mol. The molecule has 0 spiro atoms. The van der Waals surface area contributed by atoms with Gasteiger partial charge in [0.1, 0.15) is 12.0 Å². The summed E-state index contributed by atoms with van der Waals surface area (Å²) in [5, 5.41) is 35.5. The van der Waals surface area contributed by atoms with Crippen molar-refractivity contribution >= 4 is 29.7 Å². The molecule has 47 heavy (non-hydrogen) atoms. The highest BCUT2D eigenvalue weighted by Crippen LogP contribution is 2.43. The van der Waals surface area contributed by atoms with Crippen molar-refractivity contribution < 1.29 is 9.53 Å². The van der Waals surface area contributed by atoms with Gasteiger partial charge in [-0.1, -0.05) is 87.0 Å². The molecule has 2 aliphatic carbocycles. The van der Waals surface area contributed by atoms with Crippen LogP contribution in [-0.4, -0.2) is 50.4 Å². The maximum absolute atomic E-state index is 9.63. The fourth-order valence-corrected chi connectivity index (χ4v) is 11.6. The minimum atomic E-state index is -2.44. The van der Waals surface area contributed by atoms with Gasteiger partial charge in [0.25, 0.3) is 8.32 Å². The number of nitrogens with one attached hydrogen (secondary N) is 1. The van der Waals surface area contributed by atoms with Gasteiger partial charge in [-0.2, -0.15) is 15.6 Å². The normalized spacial score (nSPS) is 20.6. The highest BCUT2D eigenvalue weighted by Gasteiger charge is 2.52. The van der Waals surface area contributed by atoms with Crippen LogP contribution in [-0.2, 0) is 9.96 Å². The lowest BCUT2D eigenvalue weighted by Gasteiger charge is -2.47. The third-order valence-corrected chi connectivity index (χ3v) is 14.4. The zero-order chi connectivity index (χ0) is 33.1. The number of hydrogen-bond acceptors (Lipinski definition) is 7. The van der Waals surface area contributed by atoms with Gasteiger partial charge in [-0.15, -0.1) is 0 Å². The molecule has 0 saturated heterocycles. The number of aromatic nitrogens is 5. The van der Waals surface area contributed by atoms with Crippen LogP contribution in [0.15, 0.2) is 103 Å². The monoisotopic (exact) mass is 641 g/mol. The summed E-state index contributed by atoms with van der Waals surface area (Å²) >= 11 is 0. The molecule has 10 heteroatoms. The lowest BCUT2D eigenvalue weighted by Crippen LogP contribution is -2.68. The quantitative estimate of drug-likeness (QED) is 0.170. The Hall–Kier alpha value is -4.87. The van der Waals surface area contributed by atoms with Crippen LogP contribution < -0.4 is 10.4 Å². The van der Waals surface area contributed by atoms with E-state index >= 15 is 0 Å². The van der Waals surface area contributed by atoms with Crippen LogP contribution in [0, 0.1) is 22.7 Å². The molecular weight excluding hydrogens is 603 g/mol. The van der Waals surface area contributed by atoms with Gasteiger partial charge < -0.3 is 14.5 Å². The molecule has 3 aromatic heterocycles. The van der Waals surface area contributed by atoms with E-state index in [1.165, 1.54) is 22.3 Å². The molecule has 0 amide bonds. The summed E-state index contributed by atoms with van der Waals surface area (Å²) in [6.45, 7) is 6.89. The number of benzene rings is 2. The number of nitrogens with zero attached hydrogens (tertiary/aromatic N) is 6. The molecule has 238 valence electrons. The second-order valence-corrected chi connectivity index (χ2v) is 17.8. The number of allylic oxidation sites excluding steroid dienone is 1. The van der Waals surface area contributed by atoms with Crippen molar-refractivity contribution in [1.82, 2.24) is 24.7 Å². The van der Waals surface area contributed by atoms with E-state index in [-0.39, 0.29) is 17.2 Å². The van der Waals surface area contributed by atoms with Crippen molar-refractivity contribution in [1.29, 1.82) is 10.5 Å². The number of nitriles is 2. The molecule has 0 bridgehead atoms. The number of fused-ring (bicyclic) bond motifs is 1. The molecule has 2 saturated carbocycles. The van der Waals surface area contributed by atoms with Gasteiger partial charge in [-0.25, -0.2) is 9.97 Å². The third-order valence-electron chi connectivity index (χ3n) is 9.34. The number of H-pyrrole nitrogens is 1. The van der Waals surface area contributed by atoms with Crippen molar-refractivity contribution in [3.63, 3.8) is 0 Å².